The number of carbonyl (C=O) groups is 2. The van der Waals surface area contributed by atoms with Crippen molar-refractivity contribution in [3.8, 4) is 5.75 Å². The third kappa shape index (κ3) is 4.86. The van der Waals surface area contributed by atoms with Crippen LogP contribution in [0.5, 0.6) is 5.75 Å². The van der Waals surface area contributed by atoms with Crippen molar-refractivity contribution in [1.29, 1.82) is 0 Å². The summed E-state index contributed by atoms with van der Waals surface area (Å²) in [5.41, 5.74) is 1.13. The predicted octanol–water partition coefficient (Wildman–Crippen LogP) is 2.93. The Bertz CT molecular complexity index is 943. The van der Waals surface area contributed by atoms with E-state index in [9.17, 15) is 9.59 Å². The fourth-order valence-corrected chi connectivity index (χ4v) is 4.81. The second-order valence-corrected chi connectivity index (χ2v) is 8.65. The first kappa shape index (κ1) is 23.2. The number of aromatic nitrogens is 1. The number of nitrogens with zero attached hydrogens (tertiary/aromatic N) is 4. The lowest BCUT2D eigenvalue weighted by Crippen LogP contribution is -2.56. The van der Waals surface area contributed by atoms with Crippen LogP contribution in [0.15, 0.2) is 48.7 Å². The first-order chi connectivity index (χ1) is 16.1. The van der Waals surface area contributed by atoms with Crippen LogP contribution in [-0.2, 0) is 22.6 Å². The van der Waals surface area contributed by atoms with E-state index < -0.39 is 5.54 Å². The smallest absolute Gasteiger partial charge is 0.328 e. The molecule has 2 fully saturated rings. The van der Waals surface area contributed by atoms with E-state index in [1.165, 1.54) is 10.5 Å². The maximum atomic E-state index is 13.6. The Morgan fingerprint density at radius 3 is 2.39 bits per heavy atom. The van der Waals surface area contributed by atoms with Crippen LogP contribution in [0.25, 0.3) is 0 Å². The van der Waals surface area contributed by atoms with Gasteiger partial charge in [0.1, 0.15) is 11.3 Å². The minimum atomic E-state index is -0.782. The van der Waals surface area contributed by atoms with E-state index in [0.29, 0.717) is 38.1 Å². The van der Waals surface area contributed by atoms with Gasteiger partial charge in [-0.05, 0) is 49.1 Å². The summed E-state index contributed by atoms with van der Waals surface area (Å²) in [4.78, 5) is 36.8. The summed E-state index contributed by atoms with van der Waals surface area (Å²) in [5.74, 6) is 0.741. The SMILES string of the molecule is COCCCN1C(=O)N(Cc2ccccn2)C(=O)C12CCN(Cc1ccc(OC)cc1)CC2. The summed E-state index contributed by atoms with van der Waals surface area (Å²) in [7, 11) is 3.31. The molecular weight excluding hydrogens is 420 g/mol. The van der Waals surface area contributed by atoms with Gasteiger partial charge in [-0.1, -0.05) is 18.2 Å². The number of pyridine rings is 1. The van der Waals surface area contributed by atoms with E-state index in [1.807, 2.05) is 30.3 Å². The number of amides is 3. The Morgan fingerprint density at radius 2 is 1.76 bits per heavy atom. The van der Waals surface area contributed by atoms with Crippen LogP contribution in [0.4, 0.5) is 4.79 Å². The molecule has 0 N–H and O–H groups in total. The summed E-state index contributed by atoms with van der Waals surface area (Å²) >= 11 is 0. The standard InChI is InChI=1S/C25H32N4O4/c1-32-17-5-14-29-24(31)28(19-21-6-3-4-13-26-21)23(30)25(29)11-15-27(16-12-25)18-20-7-9-22(33-2)10-8-20/h3-4,6-10,13H,5,11-12,14-19H2,1-2H3. The van der Waals surface area contributed by atoms with Gasteiger partial charge in [0, 0.05) is 46.1 Å². The van der Waals surface area contributed by atoms with Gasteiger partial charge in [0.05, 0.1) is 19.3 Å². The Labute approximate surface area is 195 Å². The number of ether oxygens (including phenoxy) is 2. The van der Waals surface area contributed by atoms with Gasteiger partial charge < -0.3 is 14.4 Å². The number of urea groups is 1. The first-order valence-corrected chi connectivity index (χ1v) is 11.4. The largest absolute Gasteiger partial charge is 0.497 e. The van der Waals surface area contributed by atoms with E-state index in [0.717, 1.165) is 25.4 Å². The van der Waals surface area contributed by atoms with Gasteiger partial charge in [0.2, 0.25) is 0 Å². The number of carbonyl (C=O) groups excluding carboxylic acids is 2. The highest BCUT2D eigenvalue weighted by Crippen LogP contribution is 2.38. The predicted molar refractivity (Wildman–Crippen MR) is 124 cm³/mol. The van der Waals surface area contributed by atoms with Crippen molar-refractivity contribution in [3.05, 3.63) is 59.9 Å². The average Bonchev–Trinajstić information content (AvgIpc) is 3.03. The van der Waals surface area contributed by atoms with E-state index in [4.69, 9.17) is 9.47 Å². The van der Waals surface area contributed by atoms with Crippen molar-refractivity contribution >= 4 is 11.9 Å². The molecule has 0 radical (unpaired) electrons. The molecule has 0 aliphatic carbocycles. The third-order valence-corrected chi connectivity index (χ3v) is 6.65. The number of imide groups is 1. The molecule has 1 aromatic heterocycles. The molecule has 0 atom stereocenters. The summed E-state index contributed by atoms with van der Waals surface area (Å²) in [5, 5.41) is 0. The number of piperidine rings is 1. The van der Waals surface area contributed by atoms with Crippen molar-refractivity contribution in [2.45, 2.75) is 37.9 Å². The molecule has 0 unspecified atom stereocenters. The number of hydrogen-bond acceptors (Lipinski definition) is 6. The molecule has 8 nitrogen and oxygen atoms in total. The van der Waals surface area contributed by atoms with Gasteiger partial charge in [-0.2, -0.15) is 0 Å². The van der Waals surface area contributed by atoms with Crippen molar-refractivity contribution in [2.24, 2.45) is 0 Å². The summed E-state index contributed by atoms with van der Waals surface area (Å²) in [6.07, 6.45) is 3.63. The third-order valence-electron chi connectivity index (χ3n) is 6.65. The Morgan fingerprint density at radius 1 is 1.00 bits per heavy atom. The zero-order valence-electron chi connectivity index (χ0n) is 19.4. The van der Waals surface area contributed by atoms with Crippen LogP contribution >= 0.6 is 0 Å². The van der Waals surface area contributed by atoms with Crippen LogP contribution in [0.1, 0.15) is 30.5 Å². The van der Waals surface area contributed by atoms with Crippen molar-refractivity contribution in [3.63, 3.8) is 0 Å². The number of methoxy groups -OCH3 is 2. The fraction of sp³-hybridized carbons (Fsp3) is 0.480. The summed E-state index contributed by atoms with van der Waals surface area (Å²) in [6, 6.07) is 13.4. The lowest BCUT2D eigenvalue weighted by molar-refractivity contribution is -0.136. The van der Waals surface area contributed by atoms with Crippen LogP contribution in [0, 0.1) is 0 Å². The lowest BCUT2D eigenvalue weighted by Gasteiger charge is -2.42. The van der Waals surface area contributed by atoms with E-state index in [1.54, 1.807) is 25.3 Å². The Balaban J connectivity index is 1.48. The molecule has 2 saturated heterocycles. The van der Waals surface area contributed by atoms with Gasteiger partial charge in [-0.15, -0.1) is 0 Å². The minimum absolute atomic E-state index is 0.0975. The zero-order valence-corrected chi connectivity index (χ0v) is 19.4. The van der Waals surface area contributed by atoms with Crippen molar-refractivity contribution in [1.82, 2.24) is 19.7 Å². The minimum Gasteiger partial charge on any atom is -0.497 e. The Kier molecular flexibility index (Phi) is 7.25. The number of benzene rings is 1. The second kappa shape index (κ2) is 10.3. The average molecular weight is 453 g/mol. The highest BCUT2D eigenvalue weighted by atomic mass is 16.5. The Hall–Kier alpha value is -2.97. The van der Waals surface area contributed by atoms with Gasteiger partial charge in [-0.3, -0.25) is 19.6 Å². The number of likely N-dealkylation sites (tertiary alicyclic amines) is 1. The topological polar surface area (TPSA) is 75.2 Å². The van der Waals surface area contributed by atoms with Gasteiger partial charge in [-0.25, -0.2) is 4.79 Å². The number of hydrogen-bond donors (Lipinski definition) is 0. The first-order valence-electron chi connectivity index (χ1n) is 11.4. The van der Waals surface area contributed by atoms with Crippen LogP contribution in [0.2, 0.25) is 0 Å². The van der Waals surface area contributed by atoms with Gasteiger partial charge in [0.25, 0.3) is 5.91 Å². The van der Waals surface area contributed by atoms with Crippen molar-refractivity contribution in [2.75, 3.05) is 40.5 Å². The molecular formula is C25H32N4O4. The highest BCUT2D eigenvalue weighted by molar-refractivity contribution is 6.07. The van der Waals surface area contributed by atoms with E-state index in [-0.39, 0.29) is 18.5 Å². The summed E-state index contributed by atoms with van der Waals surface area (Å²) < 4.78 is 10.4. The molecule has 176 valence electrons. The van der Waals surface area contributed by atoms with Crippen LogP contribution < -0.4 is 4.74 Å². The molecule has 2 aliphatic heterocycles. The lowest BCUT2D eigenvalue weighted by atomic mass is 9.85. The summed E-state index contributed by atoms with van der Waals surface area (Å²) in [6.45, 7) is 3.58. The van der Waals surface area contributed by atoms with Gasteiger partial charge >= 0.3 is 6.03 Å². The second-order valence-electron chi connectivity index (χ2n) is 8.65. The molecule has 2 aliphatic rings. The molecule has 2 aromatic rings. The molecule has 8 heteroatoms. The molecule has 1 spiro atoms. The maximum absolute atomic E-state index is 13.6. The molecule has 0 bridgehead atoms. The van der Waals surface area contributed by atoms with E-state index >= 15 is 0 Å². The van der Waals surface area contributed by atoms with E-state index in [2.05, 4.69) is 22.0 Å². The normalized spacial score (nSPS) is 18.4. The van der Waals surface area contributed by atoms with Crippen LogP contribution in [-0.4, -0.2) is 77.6 Å². The van der Waals surface area contributed by atoms with Crippen LogP contribution in [0.3, 0.4) is 0 Å². The zero-order chi connectivity index (χ0) is 23.3. The highest BCUT2D eigenvalue weighted by Gasteiger charge is 2.57. The fourth-order valence-electron chi connectivity index (χ4n) is 4.81. The molecule has 33 heavy (non-hydrogen) atoms. The molecule has 1 aromatic carbocycles. The molecule has 4 rings (SSSR count). The maximum Gasteiger partial charge on any atom is 0.328 e. The molecule has 3 amide bonds. The van der Waals surface area contributed by atoms with Crippen molar-refractivity contribution < 1.29 is 19.1 Å². The monoisotopic (exact) mass is 452 g/mol. The number of rotatable bonds is 9. The molecule has 0 saturated carbocycles. The van der Waals surface area contributed by atoms with Gasteiger partial charge in [0.15, 0.2) is 0 Å². The quantitative estimate of drug-likeness (QED) is 0.430. The molecule has 3 heterocycles.